The Balaban J connectivity index is 2.13. The summed E-state index contributed by atoms with van der Waals surface area (Å²) in [6.45, 7) is -3.01. The van der Waals surface area contributed by atoms with Crippen molar-refractivity contribution in [1.82, 2.24) is 4.90 Å². The normalized spacial score (nSPS) is 11.8. The maximum absolute atomic E-state index is 12.5. The number of nitrogens with zero attached hydrogens (tertiary/aromatic N) is 1. The van der Waals surface area contributed by atoms with Gasteiger partial charge in [0.2, 0.25) is 5.91 Å². The highest BCUT2D eigenvalue weighted by atomic mass is 19.3. The largest absolute Gasteiger partial charge is 0.480 e. The van der Waals surface area contributed by atoms with E-state index in [0.29, 0.717) is 0 Å². The quantitative estimate of drug-likeness (QED) is 0.783. The average molecular weight is 363 g/mol. The number of carbonyl (C=O) groups is 2. The Hall–Kier alpha value is -2.96. The minimum atomic E-state index is -3.01. The SMILES string of the molecule is CN(C(=O)Cc1ccccc1OC(F)F)C(Cc1ccccc1)C(=O)O. The number of ether oxygens (including phenoxy) is 1. The zero-order valence-electron chi connectivity index (χ0n) is 14.1. The van der Waals surface area contributed by atoms with E-state index in [-0.39, 0.29) is 24.2 Å². The van der Waals surface area contributed by atoms with Gasteiger partial charge in [-0.25, -0.2) is 4.79 Å². The Kier molecular flexibility index (Phi) is 6.66. The van der Waals surface area contributed by atoms with Gasteiger partial charge in [-0.2, -0.15) is 8.78 Å². The lowest BCUT2D eigenvalue weighted by molar-refractivity contribution is -0.148. The molecule has 0 saturated heterocycles. The second kappa shape index (κ2) is 8.94. The number of hydrogen-bond acceptors (Lipinski definition) is 3. The molecule has 1 N–H and O–H groups in total. The summed E-state index contributed by atoms with van der Waals surface area (Å²) in [7, 11) is 1.39. The molecule has 0 aliphatic carbocycles. The summed E-state index contributed by atoms with van der Waals surface area (Å²) >= 11 is 0. The van der Waals surface area contributed by atoms with E-state index >= 15 is 0 Å². The molecule has 0 aliphatic heterocycles. The zero-order chi connectivity index (χ0) is 19.1. The minimum absolute atomic E-state index is 0.0980. The molecule has 0 aliphatic rings. The molecule has 2 aromatic rings. The van der Waals surface area contributed by atoms with Crippen LogP contribution in [-0.4, -0.2) is 41.6 Å². The first-order valence-corrected chi connectivity index (χ1v) is 7.93. The van der Waals surface area contributed by atoms with Crippen LogP contribution in [0.15, 0.2) is 54.6 Å². The first kappa shape index (κ1) is 19.4. The van der Waals surface area contributed by atoms with Gasteiger partial charge in [-0.15, -0.1) is 0 Å². The smallest absolute Gasteiger partial charge is 0.387 e. The predicted octanol–water partition coefficient (Wildman–Crippen LogP) is 2.98. The van der Waals surface area contributed by atoms with Crippen molar-refractivity contribution in [3.63, 3.8) is 0 Å². The molecule has 1 amide bonds. The molecule has 2 rings (SSSR count). The molecule has 0 fully saturated rings. The molecule has 0 heterocycles. The molecule has 7 heteroatoms. The van der Waals surface area contributed by atoms with Gasteiger partial charge in [-0.05, 0) is 11.6 Å². The number of halogens is 2. The standard InChI is InChI=1S/C19H19F2NO4/c1-22(15(18(24)25)11-13-7-3-2-4-8-13)17(23)12-14-9-5-6-10-16(14)26-19(20)21/h2-10,15,19H,11-12H2,1H3,(H,24,25). The van der Waals surface area contributed by atoms with E-state index in [9.17, 15) is 23.5 Å². The summed E-state index contributed by atoms with van der Waals surface area (Å²) in [5, 5.41) is 9.48. The molecule has 138 valence electrons. The van der Waals surface area contributed by atoms with E-state index < -0.39 is 24.5 Å². The van der Waals surface area contributed by atoms with Gasteiger partial charge >= 0.3 is 12.6 Å². The monoisotopic (exact) mass is 363 g/mol. The Labute approximate surface area is 149 Å². The van der Waals surface area contributed by atoms with Crippen molar-refractivity contribution in [2.24, 2.45) is 0 Å². The van der Waals surface area contributed by atoms with Gasteiger partial charge in [-0.3, -0.25) is 4.79 Å². The van der Waals surface area contributed by atoms with Crippen LogP contribution in [-0.2, 0) is 22.4 Å². The number of aliphatic carboxylic acids is 1. The molecule has 0 saturated carbocycles. The fraction of sp³-hybridized carbons (Fsp3) is 0.263. The van der Waals surface area contributed by atoms with E-state index in [4.69, 9.17) is 0 Å². The topological polar surface area (TPSA) is 66.8 Å². The van der Waals surface area contributed by atoms with Crippen molar-refractivity contribution in [1.29, 1.82) is 0 Å². The van der Waals surface area contributed by atoms with E-state index in [0.717, 1.165) is 10.5 Å². The molecule has 2 aromatic carbocycles. The number of likely N-dealkylation sites (N-methyl/N-ethyl adjacent to an activating group) is 1. The molecule has 0 spiro atoms. The van der Waals surface area contributed by atoms with Gasteiger partial charge < -0.3 is 14.7 Å². The molecule has 5 nitrogen and oxygen atoms in total. The summed E-state index contributed by atoms with van der Waals surface area (Å²) in [6.07, 6.45) is -0.0917. The Morgan fingerprint density at radius 2 is 1.69 bits per heavy atom. The van der Waals surface area contributed by atoms with Crippen molar-refractivity contribution in [2.45, 2.75) is 25.5 Å². The van der Waals surface area contributed by atoms with Crippen molar-refractivity contribution in [3.05, 3.63) is 65.7 Å². The third-order valence-corrected chi connectivity index (χ3v) is 3.95. The van der Waals surface area contributed by atoms with Crippen molar-refractivity contribution in [3.8, 4) is 5.75 Å². The fourth-order valence-corrected chi connectivity index (χ4v) is 2.55. The summed E-state index contributed by atoms with van der Waals surface area (Å²) < 4.78 is 29.4. The number of alkyl halides is 2. The highest BCUT2D eigenvalue weighted by Crippen LogP contribution is 2.22. The van der Waals surface area contributed by atoms with Crippen LogP contribution >= 0.6 is 0 Å². The summed E-state index contributed by atoms with van der Waals surface area (Å²) in [4.78, 5) is 25.2. The highest BCUT2D eigenvalue weighted by molar-refractivity contribution is 5.85. The number of amides is 1. The van der Waals surface area contributed by atoms with Crippen molar-refractivity contribution < 1.29 is 28.2 Å². The van der Waals surface area contributed by atoms with Crippen LogP contribution in [0.3, 0.4) is 0 Å². The van der Waals surface area contributed by atoms with Gasteiger partial charge in [-0.1, -0.05) is 48.5 Å². The minimum Gasteiger partial charge on any atom is -0.480 e. The maximum atomic E-state index is 12.5. The van der Waals surface area contributed by atoms with Gasteiger partial charge in [0.15, 0.2) is 0 Å². The number of para-hydroxylation sites is 1. The van der Waals surface area contributed by atoms with Crippen LogP contribution in [0, 0.1) is 0 Å². The Morgan fingerprint density at radius 3 is 2.31 bits per heavy atom. The van der Waals surface area contributed by atoms with Crippen LogP contribution in [0.5, 0.6) is 5.75 Å². The first-order valence-electron chi connectivity index (χ1n) is 7.93. The zero-order valence-corrected chi connectivity index (χ0v) is 14.1. The third kappa shape index (κ3) is 5.27. The predicted molar refractivity (Wildman–Crippen MR) is 91.1 cm³/mol. The molecular formula is C19H19F2NO4. The first-order chi connectivity index (χ1) is 12.4. The summed E-state index contributed by atoms with van der Waals surface area (Å²) in [6, 6.07) is 13.8. The lowest BCUT2D eigenvalue weighted by Crippen LogP contribution is -2.44. The van der Waals surface area contributed by atoms with Crippen LogP contribution in [0.2, 0.25) is 0 Å². The number of benzene rings is 2. The van der Waals surface area contributed by atoms with Crippen molar-refractivity contribution in [2.75, 3.05) is 7.05 Å². The number of carboxylic acid groups (broad SMARTS) is 1. The molecule has 26 heavy (non-hydrogen) atoms. The number of carboxylic acids is 1. The van der Waals surface area contributed by atoms with Gasteiger partial charge in [0, 0.05) is 19.0 Å². The number of carbonyl (C=O) groups excluding carboxylic acids is 1. The summed E-state index contributed by atoms with van der Waals surface area (Å²) in [5.74, 6) is -1.74. The van der Waals surface area contributed by atoms with E-state index in [2.05, 4.69) is 4.74 Å². The molecule has 0 aromatic heterocycles. The summed E-state index contributed by atoms with van der Waals surface area (Å²) in [5.41, 5.74) is 1.05. The highest BCUT2D eigenvalue weighted by Gasteiger charge is 2.27. The Morgan fingerprint density at radius 1 is 1.08 bits per heavy atom. The van der Waals surface area contributed by atoms with E-state index in [1.165, 1.54) is 25.2 Å². The van der Waals surface area contributed by atoms with Crippen LogP contribution in [0.25, 0.3) is 0 Å². The van der Waals surface area contributed by atoms with Gasteiger partial charge in [0.1, 0.15) is 11.8 Å². The molecule has 1 unspecified atom stereocenters. The number of rotatable bonds is 8. The lowest BCUT2D eigenvalue weighted by Gasteiger charge is -2.25. The van der Waals surface area contributed by atoms with Gasteiger partial charge in [0.05, 0.1) is 6.42 Å². The van der Waals surface area contributed by atoms with Crippen LogP contribution in [0.1, 0.15) is 11.1 Å². The fourth-order valence-electron chi connectivity index (χ4n) is 2.55. The van der Waals surface area contributed by atoms with Crippen LogP contribution in [0.4, 0.5) is 8.78 Å². The molecular weight excluding hydrogens is 344 g/mol. The van der Waals surface area contributed by atoms with E-state index in [1.807, 2.05) is 6.07 Å². The molecule has 0 bridgehead atoms. The number of hydrogen-bond donors (Lipinski definition) is 1. The molecule has 1 atom stereocenters. The second-order valence-corrected chi connectivity index (χ2v) is 5.71. The van der Waals surface area contributed by atoms with E-state index in [1.54, 1.807) is 30.3 Å². The lowest BCUT2D eigenvalue weighted by atomic mass is 10.0. The van der Waals surface area contributed by atoms with Gasteiger partial charge in [0.25, 0.3) is 0 Å². The van der Waals surface area contributed by atoms with Crippen LogP contribution < -0.4 is 4.74 Å². The average Bonchev–Trinajstić information content (AvgIpc) is 2.61. The van der Waals surface area contributed by atoms with Crippen molar-refractivity contribution >= 4 is 11.9 Å². The Bertz CT molecular complexity index is 752. The third-order valence-electron chi connectivity index (χ3n) is 3.95. The second-order valence-electron chi connectivity index (χ2n) is 5.71. The maximum Gasteiger partial charge on any atom is 0.387 e. The molecule has 0 radical (unpaired) electrons.